The predicted molar refractivity (Wildman–Crippen MR) is 59.6 cm³/mol. The summed E-state index contributed by atoms with van der Waals surface area (Å²) in [5.74, 6) is 0.844. The maximum absolute atomic E-state index is 11.4. The lowest BCUT2D eigenvalue weighted by atomic mass is 10.0. The summed E-state index contributed by atoms with van der Waals surface area (Å²) in [6.45, 7) is 6.15. The maximum Gasteiger partial charge on any atom is 0.133 e. The minimum atomic E-state index is 0.367. The molecule has 0 aliphatic carbocycles. The topological polar surface area (TPSA) is 30.0 Å². The van der Waals surface area contributed by atoms with Gasteiger partial charge in [0.2, 0.25) is 0 Å². The smallest absolute Gasteiger partial charge is 0.133 e. The number of aromatic nitrogens is 1. The van der Waals surface area contributed by atoms with Crippen LogP contribution in [0.3, 0.4) is 0 Å². The first kappa shape index (κ1) is 11.4. The summed E-state index contributed by atoms with van der Waals surface area (Å²) in [6, 6.07) is 0. The minimum absolute atomic E-state index is 0.367. The molecule has 1 aromatic heterocycles. The lowest BCUT2D eigenvalue weighted by Gasteiger charge is -2.02. The highest BCUT2D eigenvalue weighted by Gasteiger charge is 2.06. The van der Waals surface area contributed by atoms with Gasteiger partial charge in [0.05, 0.1) is 5.01 Å². The average Bonchev–Trinajstić information content (AvgIpc) is 2.47. The third kappa shape index (κ3) is 4.01. The second-order valence-electron chi connectivity index (χ2n) is 3.98. The number of aryl methyl sites for hydroxylation is 2. The van der Waals surface area contributed by atoms with Gasteiger partial charge in [-0.1, -0.05) is 13.8 Å². The van der Waals surface area contributed by atoms with Gasteiger partial charge in [-0.15, -0.1) is 11.3 Å². The van der Waals surface area contributed by atoms with Gasteiger partial charge in [0.15, 0.2) is 0 Å². The number of carbonyl (C=O) groups is 1. The van der Waals surface area contributed by atoms with Gasteiger partial charge in [-0.05, 0) is 19.3 Å². The fourth-order valence-electron chi connectivity index (χ4n) is 1.34. The van der Waals surface area contributed by atoms with Crippen molar-refractivity contribution in [3.63, 3.8) is 0 Å². The van der Waals surface area contributed by atoms with E-state index in [0.29, 0.717) is 24.5 Å². The highest BCUT2D eigenvalue weighted by molar-refractivity contribution is 7.11. The number of thiazole rings is 1. The number of rotatable bonds is 5. The molecule has 0 radical (unpaired) electrons. The van der Waals surface area contributed by atoms with E-state index in [1.54, 1.807) is 11.3 Å². The van der Waals surface area contributed by atoms with Gasteiger partial charge in [0.25, 0.3) is 0 Å². The number of nitrogens with zero attached hydrogens (tertiary/aromatic N) is 1. The Morgan fingerprint density at radius 1 is 1.57 bits per heavy atom. The Morgan fingerprint density at radius 2 is 2.29 bits per heavy atom. The van der Waals surface area contributed by atoms with E-state index in [1.807, 2.05) is 13.1 Å². The largest absolute Gasteiger partial charge is 0.300 e. The lowest BCUT2D eigenvalue weighted by Crippen LogP contribution is -2.03. The Balaban J connectivity index is 2.30. The number of ketones is 1. The molecular weight excluding hydrogens is 194 g/mol. The zero-order chi connectivity index (χ0) is 10.6. The number of carbonyl (C=O) groups excluding carboxylic acids is 1. The predicted octanol–water partition coefficient (Wildman–Crippen LogP) is 3.00. The van der Waals surface area contributed by atoms with E-state index in [4.69, 9.17) is 0 Å². The average molecular weight is 211 g/mol. The zero-order valence-electron chi connectivity index (χ0n) is 9.04. The molecule has 0 fully saturated rings. The Hall–Kier alpha value is -0.700. The molecule has 0 saturated heterocycles. The van der Waals surface area contributed by atoms with Crippen molar-refractivity contribution in [2.24, 2.45) is 5.92 Å². The molecule has 0 aliphatic rings. The van der Waals surface area contributed by atoms with E-state index in [-0.39, 0.29) is 0 Å². The molecule has 0 saturated carbocycles. The van der Waals surface area contributed by atoms with E-state index >= 15 is 0 Å². The van der Waals surface area contributed by atoms with Crippen LogP contribution in [0.5, 0.6) is 0 Å². The second-order valence-corrected chi connectivity index (χ2v) is 5.30. The van der Waals surface area contributed by atoms with Gasteiger partial charge in [-0.2, -0.15) is 0 Å². The van der Waals surface area contributed by atoms with E-state index in [0.717, 1.165) is 11.4 Å². The Labute approximate surface area is 89.4 Å². The van der Waals surface area contributed by atoms with Crippen LogP contribution < -0.4 is 0 Å². The molecule has 0 atom stereocenters. The molecule has 0 aliphatic heterocycles. The van der Waals surface area contributed by atoms with Crippen LogP contribution in [0.25, 0.3) is 0 Å². The first-order valence-electron chi connectivity index (χ1n) is 5.01. The van der Waals surface area contributed by atoms with Crippen LogP contribution >= 0.6 is 11.3 Å². The van der Waals surface area contributed by atoms with Crippen molar-refractivity contribution in [2.75, 3.05) is 0 Å². The number of hydrogen-bond donors (Lipinski definition) is 0. The monoisotopic (exact) mass is 211 g/mol. The van der Waals surface area contributed by atoms with Crippen molar-refractivity contribution in [1.82, 2.24) is 4.98 Å². The van der Waals surface area contributed by atoms with Crippen LogP contribution in [0.15, 0.2) is 6.20 Å². The van der Waals surface area contributed by atoms with Crippen LogP contribution in [0.2, 0.25) is 0 Å². The summed E-state index contributed by atoms with van der Waals surface area (Å²) in [4.78, 5) is 16.8. The molecular formula is C11H17NOS. The summed E-state index contributed by atoms with van der Waals surface area (Å²) in [5, 5.41) is 1.08. The summed E-state index contributed by atoms with van der Waals surface area (Å²) in [7, 11) is 0. The van der Waals surface area contributed by atoms with Crippen molar-refractivity contribution in [3.8, 4) is 0 Å². The molecule has 0 N–H and O–H groups in total. The van der Waals surface area contributed by atoms with E-state index in [1.165, 1.54) is 4.88 Å². The minimum Gasteiger partial charge on any atom is -0.300 e. The molecule has 0 amide bonds. The fourth-order valence-corrected chi connectivity index (χ4v) is 2.14. The second kappa shape index (κ2) is 5.25. The lowest BCUT2D eigenvalue weighted by molar-refractivity contribution is -0.119. The third-order valence-corrected chi connectivity index (χ3v) is 2.93. The molecule has 0 bridgehead atoms. The molecule has 1 heterocycles. The van der Waals surface area contributed by atoms with Gasteiger partial charge in [-0.25, -0.2) is 4.98 Å². The van der Waals surface area contributed by atoms with Crippen molar-refractivity contribution < 1.29 is 4.79 Å². The van der Waals surface area contributed by atoms with E-state index in [9.17, 15) is 4.79 Å². The van der Waals surface area contributed by atoms with E-state index in [2.05, 4.69) is 18.8 Å². The molecule has 0 unspecified atom stereocenters. The van der Waals surface area contributed by atoms with Crippen molar-refractivity contribution in [1.29, 1.82) is 0 Å². The fraction of sp³-hybridized carbons (Fsp3) is 0.636. The summed E-state index contributed by atoms with van der Waals surface area (Å²) in [5.41, 5.74) is 0. The highest BCUT2D eigenvalue weighted by Crippen LogP contribution is 2.14. The summed E-state index contributed by atoms with van der Waals surface area (Å²) in [6.07, 6.45) is 4.11. The highest BCUT2D eigenvalue weighted by atomic mass is 32.1. The third-order valence-electron chi connectivity index (χ3n) is 1.96. The molecule has 2 nitrogen and oxygen atoms in total. The van der Waals surface area contributed by atoms with Crippen molar-refractivity contribution in [3.05, 3.63) is 16.1 Å². The van der Waals surface area contributed by atoms with E-state index < -0.39 is 0 Å². The Bertz CT molecular complexity index is 304. The standard InChI is InChI=1S/C11H17NOS/c1-8(2)6-10(13)4-5-11-7-12-9(3)14-11/h7-8H,4-6H2,1-3H3. The molecule has 1 rings (SSSR count). The van der Waals surface area contributed by atoms with Gasteiger partial charge in [0, 0.05) is 23.9 Å². The molecule has 14 heavy (non-hydrogen) atoms. The number of hydrogen-bond acceptors (Lipinski definition) is 3. The van der Waals surface area contributed by atoms with Gasteiger partial charge in [-0.3, -0.25) is 4.79 Å². The van der Waals surface area contributed by atoms with Gasteiger partial charge >= 0.3 is 0 Å². The zero-order valence-corrected chi connectivity index (χ0v) is 9.86. The van der Waals surface area contributed by atoms with Gasteiger partial charge in [0.1, 0.15) is 5.78 Å². The normalized spacial score (nSPS) is 10.9. The SMILES string of the molecule is Cc1ncc(CCC(=O)CC(C)C)s1. The van der Waals surface area contributed by atoms with Crippen LogP contribution in [-0.4, -0.2) is 10.8 Å². The van der Waals surface area contributed by atoms with Crippen LogP contribution in [0, 0.1) is 12.8 Å². The molecule has 0 spiro atoms. The van der Waals surface area contributed by atoms with Crippen molar-refractivity contribution >= 4 is 17.1 Å². The first-order chi connectivity index (χ1) is 6.58. The van der Waals surface area contributed by atoms with Crippen LogP contribution in [0.4, 0.5) is 0 Å². The molecule has 0 aromatic carbocycles. The quantitative estimate of drug-likeness (QED) is 0.749. The summed E-state index contributed by atoms with van der Waals surface area (Å²) >= 11 is 1.69. The Kier molecular flexibility index (Phi) is 4.26. The maximum atomic E-state index is 11.4. The molecule has 1 aromatic rings. The number of Topliss-reactive ketones (excluding diaryl/α,β-unsaturated/α-hetero) is 1. The summed E-state index contributed by atoms with van der Waals surface area (Å²) < 4.78 is 0. The molecule has 78 valence electrons. The van der Waals surface area contributed by atoms with Crippen LogP contribution in [0.1, 0.15) is 36.6 Å². The van der Waals surface area contributed by atoms with Crippen molar-refractivity contribution in [2.45, 2.75) is 40.0 Å². The first-order valence-corrected chi connectivity index (χ1v) is 5.82. The molecule has 3 heteroatoms. The van der Waals surface area contributed by atoms with Gasteiger partial charge < -0.3 is 0 Å². The van der Waals surface area contributed by atoms with Crippen LogP contribution in [-0.2, 0) is 11.2 Å². The Morgan fingerprint density at radius 3 is 2.79 bits per heavy atom.